The third-order valence-electron chi connectivity index (χ3n) is 2.19. The lowest BCUT2D eigenvalue weighted by Crippen LogP contribution is -1.86. The van der Waals surface area contributed by atoms with Crippen LogP contribution in [0.2, 0.25) is 0 Å². The van der Waals surface area contributed by atoms with Crippen LogP contribution in [0.4, 0.5) is 0 Å². The highest BCUT2D eigenvalue weighted by molar-refractivity contribution is 5.58. The molecule has 0 heterocycles. The molecule has 0 unspecified atom stereocenters. The first-order valence-corrected chi connectivity index (χ1v) is 5.18. The van der Waals surface area contributed by atoms with E-state index in [1.54, 1.807) is 6.08 Å². The molecule has 0 saturated carbocycles. The van der Waals surface area contributed by atoms with Gasteiger partial charge in [-0.1, -0.05) is 48.6 Å². The van der Waals surface area contributed by atoms with Crippen LogP contribution >= 0.6 is 0 Å². The van der Waals surface area contributed by atoms with Crippen LogP contribution in [-0.4, -0.2) is 0 Å². The number of ether oxygens (including phenoxy) is 1. The Labute approximate surface area is 96.0 Å². The van der Waals surface area contributed by atoms with Gasteiger partial charge in [-0.15, -0.1) is 0 Å². The maximum absolute atomic E-state index is 5.78. The second-order valence-corrected chi connectivity index (χ2v) is 3.36. The van der Waals surface area contributed by atoms with Crippen LogP contribution in [0, 0.1) is 6.92 Å². The maximum Gasteiger partial charge on any atom is 0.134 e. The smallest absolute Gasteiger partial charge is 0.134 e. The summed E-state index contributed by atoms with van der Waals surface area (Å²) in [7, 11) is 0. The normalized spacial score (nSPS) is 10.6. The molecule has 2 rings (SSSR count). The molecule has 0 saturated heterocycles. The minimum atomic E-state index is 0.840. The molecule has 0 aliphatic rings. The fourth-order valence-corrected chi connectivity index (χ4v) is 1.45. The molecule has 1 nitrogen and oxygen atoms in total. The van der Waals surface area contributed by atoms with Gasteiger partial charge in [0, 0.05) is 5.56 Å². The molecule has 0 fully saturated rings. The summed E-state index contributed by atoms with van der Waals surface area (Å²) in [5, 5.41) is 0. The summed E-state index contributed by atoms with van der Waals surface area (Å²) in [5.74, 6) is 1.68. The molecule has 0 aromatic heterocycles. The van der Waals surface area contributed by atoms with Crippen molar-refractivity contribution >= 4 is 6.08 Å². The molecule has 16 heavy (non-hydrogen) atoms. The van der Waals surface area contributed by atoms with Crippen LogP contribution in [0.15, 0.2) is 60.7 Å². The molecule has 2 aromatic carbocycles. The zero-order valence-corrected chi connectivity index (χ0v) is 8.97. The molecule has 0 amide bonds. The number of hydrogen-bond donors (Lipinski definition) is 0. The Balaban J connectivity index is 2.28. The summed E-state index contributed by atoms with van der Waals surface area (Å²) < 4.78 is 5.78. The highest BCUT2D eigenvalue weighted by atomic mass is 16.5. The van der Waals surface area contributed by atoms with Crippen molar-refractivity contribution in [2.24, 2.45) is 0 Å². The van der Waals surface area contributed by atoms with Crippen molar-refractivity contribution in [3.8, 4) is 11.5 Å². The van der Waals surface area contributed by atoms with Gasteiger partial charge < -0.3 is 4.74 Å². The number of para-hydroxylation sites is 2. The Bertz CT molecular complexity index is 472. The van der Waals surface area contributed by atoms with Gasteiger partial charge in [-0.2, -0.15) is 0 Å². The second kappa shape index (κ2) is 5.17. The highest BCUT2D eigenvalue weighted by Gasteiger charge is 2.00. The Morgan fingerprint density at radius 1 is 0.875 bits per heavy atom. The van der Waals surface area contributed by atoms with Gasteiger partial charge in [0.25, 0.3) is 0 Å². The van der Waals surface area contributed by atoms with Crippen molar-refractivity contribution in [1.82, 2.24) is 0 Å². The number of rotatable bonds is 3. The van der Waals surface area contributed by atoms with Crippen LogP contribution in [0.25, 0.3) is 6.08 Å². The average Bonchev–Trinajstić information content (AvgIpc) is 2.33. The zero-order chi connectivity index (χ0) is 11.2. The molecule has 0 bridgehead atoms. The molecule has 1 radical (unpaired) electrons. The molecule has 0 spiro atoms. The summed E-state index contributed by atoms with van der Waals surface area (Å²) in [4.78, 5) is 0. The number of allylic oxidation sites excluding steroid dienone is 1. The maximum atomic E-state index is 5.78. The van der Waals surface area contributed by atoms with E-state index in [0.29, 0.717) is 0 Å². The Morgan fingerprint density at radius 3 is 2.31 bits per heavy atom. The van der Waals surface area contributed by atoms with E-state index < -0.39 is 0 Å². The van der Waals surface area contributed by atoms with Gasteiger partial charge in [-0.25, -0.2) is 0 Å². The summed E-state index contributed by atoms with van der Waals surface area (Å²) in [5.41, 5.74) is 1.03. The molecule has 79 valence electrons. The monoisotopic (exact) mass is 209 g/mol. The van der Waals surface area contributed by atoms with Crippen molar-refractivity contribution in [3.05, 3.63) is 73.2 Å². The molecule has 1 heteroatoms. The lowest BCUT2D eigenvalue weighted by atomic mass is 10.2. The van der Waals surface area contributed by atoms with Crippen LogP contribution in [0.3, 0.4) is 0 Å². The third kappa shape index (κ3) is 2.51. The van der Waals surface area contributed by atoms with Crippen LogP contribution in [0.5, 0.6) is 11.5 Å². The van der Waals surface area contributed by atoms with Crippen molar-refractivity contribution in [1.29, 1.82) is 0 Å². The summed E-state index contributed by atoms with van der Waals surface area (Å²) in [6.07, 6.45) is 3.69. The van der Waals surface area contributed by atoms with Crippen molar-refractivity contribution < 1.29 is 4.74 Å². The summed E-state index contributed by atoms with van der Waals surface area (Å²) in [6.45, 7) is 3.69. The van der Waals surface area contributed by atoms with Gasteiger partial charge in [-0.3, -0.25) is 0 Å². The summed E-state index contributed by atoms with van der Waals surface area (Å²) >= 11 is 0. The van der Waals surface area contributed by atoms with Gasteiger partial charge in [0.15, 0.2) is 0 Å². The molecule has 0 aliphatic heterocycles. The highest BCUT2D eigenvalue weighted by Crippen LogP contribution is 2.25. The van der Waals surface area contributed by atoms with E-state index in [1.807, 2.05) is 60.7 Å². The molecule has 0 N–H and O–H groups in total. The minimum Gasteiger partial charge on any atom is -0.457 e. The lowest BCUT2D eigenvalue weighted by molar-refractivity contribution is 0.481. The fraction of sp³-hybridized carbons (Fsp3) is 0. The molecule has 2 aromatic rings. The summed E-state index contributed by atoms with van der Waals surface area (Å²) in [6, 6.07) is 17.6. The Morgan fingerprint density at radius 2 is 1.56 bits per heavy atom. The van der Waals surface area contributed by atoms with E-state index in [1.165, 1.54) is 0 Å². The second-order valence-electron chi connectivity index (χ2n) is 3.36. The van der Waals surface area contributed by atoms with Crippen molar-refractivity contribution in [3.63, 3.8) is 0 Å². The molecular formula is C15H13O. The quantitative estimate of drug-likeness (QED) is 0.731. The van der Waals surface area contributed by atoms with Gasteiger partial charge in [0.05, 0.1) is 0 Å². The zero-order valence-electron chi connectivity index (χ0n) is 8.97. The largest absolute Gasteiger partial charge is 0.457 e. The number of benzene rings is 2. The van der Waals surface area contributed by atoms with Crippen molar-refractivity contribution in [2.45, 2.75) is 0 Å². The fourth-order valence-electron chi connectivity index (χ4n) is 1.45. The van der Waals surface area contributed by atoms with E-state index >= 15 is 0 Å². The van der Waals surface area contributed by atoms with E-state index in [2.05, 4.69) is 6.92 Å². The topological polar surface area (TPSA) is 9.23 Å². The molecular weight excluding hydrogens is 196 g/mol. The van der Waals surface area contributed by atoms with E-state index in [4.69, 9.17) is 4.74 Å². The van der Waals surface area contributed by atoms with E-state index in [-0.39, 0.29) is 0 Å². The lowest BCUT2D eigenvalue weighted by Gasteiger charge is -2.08. The van der Waals surface area contributed by atoms with Gasteiger partial charge >= 0.3 is 0 Å². The standard InChI is InChI=1S/C15H13O/c1-2-8-13-9-6-7-12-15(13)16-14-10-4-3-5-11-14/h2-12H,1H2. The van der Waals surface area contributed by atoms with Crippen LogP contribution in [0.1, 0.15) is 5.56 Å². The van der Waals surface area contributed by atoms with Crippen LogP contribution < -0.4 is 4.74 Å². The third-order valence-corrected chi connectivity index (χ3v) is 2.19. The molecule has 0 atom stereocenters. The first-order chi connectivity index (χ1) is 7.90. The van der Waals surface area contributed by atoms with E-state index in [0.717, 1.165) is 17.1 Å². The van der Waals surface area contributed by atoms with Gasteiger partial charge in [-0.05, 0) is 25.1 Å². The minimum absolute atomic E-state index is 0.840. The first kappa shape index (κ1) is 10.5. The molecule has 0 aliphatic carbocycles. The first-order valence-electron chi connectivity index (χ1n) is 5.18. The average molecular weight is 209 g/mol. The van der Waals surface area contributed by atoms with Gasteiger partial charge in [0.1, 0.15) is 11.5 Å². The van der Waals surface area contributed by atoms with Gasteiger partial charge in [0.2, 0.25) is 0 Å². The Kier molecular flexibility index (Phi) is 3.39. The Hall–Kier alpha value is -2.02. The predicted molar refractivity (Wildman–Crippen MR) is 67.3 cm³/mol. The van der Waals surface area contributed by atoms with Crippen LogP contribution in [-0.2, 0) is 0 Å². The predicted octanol–water partition coefficient (Wildman–Crippen LogP) is 4.33. The van der Waals surface area contributed by atoms with E-state index in [9.17, 15) is 0 Å². The SMILES string of the molecule is [CH2]C=Cc1ccccc1Oc1ccccc1. The van der Waals surface area contributed by atoms with Crippen molar-refractivity contribution in [2.75, 3.05) is 0 Å². The number of hydrogen-bond acceptors (Lipinski definition) is 1.